The summed E-state index contributed by atoms with van der Waals surface area (Å²) in [6, 6.07) is 9.70. The van der Waals surface area contributed by atoms with E-state index in [4.69, 9.17) is 5.73 Å². The molecular weight excluding hydrogens is 296 g/mol. The number of nitrogens with two attached hydrogens (primary N) is 1. The van der Waals surface area contributed by atoms with E-state index >= 15 is 0 Å². The molecule has 0 fully saturated rings. The van der Waals surface area contributed by atoms with Gasteiger partial charge in [0.25, 0.3) is 0 Å². The van der Waals surface area contributed by atoms with Crippen LogP contribution in [0.3, 0.4) is 0 Å². The fraction of sp³-hybridized carbons (Fsp3) is 0.333. The normalized spacial score (nSPS) is 18.0. The first-order valence-corrected chi connectivity index (χ1v) is 8.46. The second-order valence-electron chi connectivity index (χ2n) is 7.23. The Hall–Kier alpha value is -2.42. The summed E-state index contributed by atoms with van der Waals surface area (Å²) in [5, 5.41) is 0.955. The number of carbonyl (C=O) groups excluding carboxylic acids is 1. The number of nitrogens with zero attached hydrogens (tertiary/aromatic N) is 1. The molecule has 0 unspecified atom stereocenters. The van der Waals surface area contributed by atoms with Crippen molar-refractivity contribution in [3.05, 3.63) is 59.3 Å². The van der Waals surface area contributed by atoms with Crippen molar-refractivity contribution in [1.29, 1.82) is 0 Å². The van der Waals surface area contributed by atoms with Gasteiger partial charge in [-0.2, -0.15) is 0 Å². The highest BCUT2D eigenvalue weighted by Crippen LogP contribution is 2.42. The first-order valence-electron chi connectivity index (χ1n) is 8.46. The second-order valence-corrected chi connectivity index (χ2v) is 7.23. The SMILES string of the molecule is CC1=C(/C=C(/C(N)=O)c2cccc3ncccc23)C(C)(C)CCC1. The van der Waals surface area contributed by atoms with E-state index in [1.54, 1.807) is 6.20 Å². The van der Waals surface area contributed by atoms with Crippen molar-refractivity contribution < 1.29 is 4.79 Å². The molecule has 124 valence electrons. The summed E-state index contributed by atoms with van der Waals surface area (Å²) in [6.45, 7) is 6.64. The summed E-state index contributed by atoms with van der Waals surface area (Å²) in [4.78, 5) is 16.6. The van der Waals surface area contributed by atoms with Crippen LogP contribution in [-0.4, -0.2) is 10.9 Å². The van der Waals surface area contributed by atoms with Crippen LogP contribution in [0.5, 0.6) is 0 Å². The van der Waals surface area contributed by atoms with Crippen molar-refractivity contribution in [2.24, 2.45) is 11.1 Å². The fourth-order valence-electron chi connectivity index (χ4n) is 3.73. The summed E-state index contributed by atoms with van der Waals surface area (Å²) < 4.78 is 0. The lowest BCUT2D eigenvalue weighted by Crippen LogP contribution is -2.21. The van der Waals surface area contributed by atoms with Gasteiger partial charge in [0.05, 0.1) is 5.52 Å². The topological polar surface area (TPSA) is 56.0 Å². The molecule has 3 heteroatoms. The molecule has 0 saturated carbocycles. The lowest BCUT2D eigenvalue weighted by atomic mass is 9.72. The molecule has 1 aliphatic rings. The van der Waals surface area contributed by atoms with Crippen molar-refractivity contribution in [2.45, 2.75) is 40.0 Å². The van der Waals surface area contributed by atoms with E-state index in [-0.39, 0.29) is 5.41 Å². The van der Waals surface area contributed by atoms with Crippen LogP contribution >= 0.6 is 0 Å². The molecule has 1 aromatic heterocycles. The van der Waals surface area contributed by atoms with Gasteiger partial charge in [-0.3, -0.25) is 9.78 Å². The van der Waals surface area contributed by atoms with Crippen molar-refractivity contribution in [3.8, 4) is 0 Å². The highest BCUT2D eigenvalue weighted by molar-refractivity contribution is 6.22. The third kappa shape index (κ3) is 2.99. The first-order chi connectivity index (χ1) is 11.4. The Balaban J connectivity index is 2.22. The molecule has 0 radical (unpaired) electrons. The average Bonchev–Trinajstić information content (AvgIpc) is 2.53. The van der Waals surface area contributed by atoms with E-state index in [1.165, 1.54) is 17.6 Å². The minimum Gasteiger partial charge on any atom is -0.366 e. The Morgan fingerprint density at radius 2 is 2.04 bits per heavy atom. The maximum Gasteiger partial charge on any atom is 0.249 e. The Bertz CT molecular complexity index is 854. The molecule has 0 spiro atoms. The van der Waals surface area contributed by atoms with Crippen molar-refractivity contribution in [3.63, 3.8) is 0 Å². The quantitative estimate of drug-likeness (QED) is 0.838. The Kier molecular flexibility index (Phi) is 4.27. The third-order valence-corrected chi connectivity index (χ3v) is 5.03. The maximum atomic E-state index is 12.2. The predicted octanol–water partition coefficient (Wildman–Crippen LogP) is 4.63. The molecule has 3 rings (SSSR count). The summed E-state index contributed by atoms with van der Waals surface area (Å²) in [5.74, 6) is -0.395. The number of rotatable bonds is 3. The zero-order chi connectivity index (χ0) is 17.3. The number of hydrogen-bond acceptors (Lipinski definition) is 2. The van der Waals surface area contributed by atoms with E-state index in [0.717, 1.165) is 29.3 Å². The van der Waals surface area contributed by atoms with E-state index in [2.05, 4.69) is 25.8 Å². The van der Waals surface area contributed by atoms with Gasteiger partial charge in [-0.05, 0) is 60.9 Å². The minimum atomic E-state index is -0.395. The molecule has 0 bridgehead atoms. The van der Waals surface area contributed by atoms with Gasteiger partial charge in [0.15, 0.2) is 0 Å². The molecule has 1 aliphatic carbocycles. The van der Waals surface area contributed by atoms with E-state index in [9.17, 15) is 4.79 Å². The number of pyridine rings is 1. The molecule has 3 nitrogen and oxygen atoms in total. The van der Waals surface area contributed by atoms with Crippen LogP contribution in [0.4, 0.5) is 0 Å². The number of benzene rings is 1. The molecule has 1 heterocycles. The van der Waals surface area contributed by atoms with Gasteiger partial charge in [-0.15, -0.1) is 0 Å². The molecule has 1 aromatic carbocycles. The second kappa shape index (κ2) is 6.23. The Labute approximate surface area is 143 Å². The van der Waals surface area contributed by atoms with Gasteiger partial charge in [-0.25, -0.2) is 0 Å². The highest BCUT2D eigenvalue weighted by atomic mass is 16.1. The molecule has 0 saturated heterocycles. The number of allylic oxidation sites excluding steroid dienone is 3. The number of primary amides is 1. The smallest absolute Gasteiger partial charge is 0.249 e. The number of amides is 1. The van der Waals surface area contributed by atoms with Gasteiger partial charge in [-0.1, -0.05) is 37.6 Å². The highest BCUT2D eigenvalue weighted by Gasteiger charge is 2.28. The van der Waals surface area contributed by atoms with Crippen molar-refractivity contribution in [2.75, 3.05) is 0 Å². The molecule has 1 amide bonds. The predicted molar refractivity (Wildman–Crippen MR) is 99.2 cm³/mol. The van der Waals surface area contributed by atoms with Crippen LogP contribution in [0.2, 0.25) is 0 Å². The van der Waals surface area contributed by atoms with Gasteiger partial charge in [0, 0.05) is 17.2 Å². The molecule has 0 atom stereocenters. The number of aromatic nitrogens is 1. The van der Waals surface area contributed by atoms with E-state index in [1.807, 2.05) is 36.4 Å². The van der Waals surface area contributed by atoms with Gasteiger partial charge >= 0.3 is 0 Å². The lowest BCUT2D eigenvalue weighted by molar-refractivity contribution is -0.112. The van der Waals surface area contributed by atoms with Crippen molar-refractivity contribution in [1.82, 2.24) is 4.98 Å². The number of carbonyl (C=O) groups is 1. The van der Waals surface area contributed by atoms with Crippen LogP contribution in [0.25, 0.3) is 16.5 Å². The fourth-order valence-corrected chi connectivity index (χ4v) is 3.73. The zero-order valence-electron chi connectivity index (χ0n) is 14.6. The van der Waals surface area contributed by atoms with E-state index in [0.29, 0.717) is 5.57 Å². The summed E-state index contributed by atoms with van der Waals surface area (Å²) in [7, 11) is 0. The third-order valence-electron chi connectivity index (χ3n) is 5.03. The van der Waals surface area contributed by atoms with Crippen LogP contribution in [-0.2, 0) is 4.79 Å². The largest absolute Gasteiger partial charge is 0.366 e. The molecule has 2 aromatic rings. The van der Waals surface area contributed by atoms with Crippen LogP contribution in [0.15, 0.2) is 53.8 Å². The molecular formula is C21H24N2O. The number of fused-ring (bicyclic) bond motifs is 1. The standard InChI is InChI=1S/C21H24N2O/c1-14-7-5-11-21(2,3)18(14)13-17(20(22)24)15-8-4-10-19-16(15)9-6-12-23-19/h4,6,8-10,12-13H,5,7,11H2,1-3H3,(H2,22,24)/b17-13+. The van der Waals surface area contributed by atoms with Crippen molar-refractivity contribution >= 4 is 22.4 Å². The molecule has 24 heavy (non-hydrogen) atoms. The Morgan fingerprint density at radius 1 is 1.25 bits per heavy atom. The maximum absolute atomic E-state index is 12.2. The molecule has 0 aliphatic heterocycles. The Morgan fingerprint density at radius 3 is 2.75 bits per heavy atom. The minimum absolute atomic E-state index is 0.0614. The number of hydrogen-bond donors (Lipinski definition) is 1. The summed E-state index contributed by atoms with van der Waals surface area (Å²) >= 11 is 0. The van der Waals surface area contributed by atoms with Gasteiger partial charge < -0.3 is 5.73 Å². The van der Waals surface area contributed by atoms with Gasteiger partial charge in [0.1, 0.15) is 0 Å². The summed E-state index contributed by atoms with van der Waals surface area (Å²) in [6.07, 6.45) is 7.17. The van der Waals surface area contributed by atoms with Crippen LogP contribution in [0.1, 0.15) is 45.6 Å². The average molecular weight is 320 g/mol. The molecule has 2 N–H and O–H groups in total. The van der Waals surface area contributed by atoms with Gasteiger partial charge in [0.2, 0.25) is 5.91 Å². The summed E-state index contributed by atoms with van der Waals surface area (Å²) in [5.41, 5.74) is 10.7. The monoisotopic (exact) mass is 320 g/mol. The van der Waals surface area contributed by atoms with E-state index < -0.39 is 5.91 Å². The zero-order valence-corrected chi connectivity index (χ0v) is 14.6. The first kappa shape index (κ1) is 16.4. The lowest BCUT2D eigenvalue weighted by Gasteiger charge is -2.33. The van der Waals surface area contributed by atoms with Crippen LogP contribution in [0, 0.1) is 5.41 Å². The van der Waals surface area contributed by atoms with Crippen LogP contribution < -0.4 is 5.73 Å².